The van der Waals surface area contributed by atoms with Crippen LogP contribution in [0.2, 0.25) is 5.02 Å². The molecule has 3 aromatic carbocycles. The van der Waals surface area contributed by atoms with Crippen LogP contribution < -0.4 is 20.5 Å². The van der Waals surface area contributed by atoms with Gasteiger partial charge in [-0.05, 0) is 54.4 Å². The first-order valence-electron chi connectivity index (χ1n) is 11.3. The molecule has 8 nitrogen and oxygen atoms in total. The average molecular weight is 502 g/mol. The van der Waals surface area contributed by atoms with Crippen molar-refractivity contribution in [1.29, 1.82) is 0 Å². The summed E-state index contributed by atoms with van der Waals surface area (Å²) in [5.74, 6) is 1.13. The number of ether oxygens (including phenoxy) is 2. The fourth-order valence-corrected chi connectivity index (χ4v) is 4.39. The molecule has 0 saturated heterocycles. The number of nitrogens with zero attached hydrogens (tertiary/aromatic N) is 3. The molecular weight excluding hydrogens is 478 g/mol. The van der Waals surface area contributed by atoms with Crippen molar-refractivity contribution in [2.45, 2.75) is 6.42 Å². The summed E-state index contributed by atoms with van der Waals surface area (Å²) in [6, 6.07) is 20.9. The van der Waals surface area contributed by atoms with Crippen molar-refractivity contribution in [3.05, 3.63) is 83.1 Å². The fraction of sp³-hybridized carbons (Fsp3) is 0.148. The van der Waals surface area contributed by atoms with Crippen LogP contribution in [0.4, 0.5) is 5.82 Å². The monoisotopic (exact) mass is 501 g/mol. The predicted octanol–water partition coefficient (Wildman–Crippen LogP) is 4.80. The predicted molar refractivity (Wildman–Crippen MR) is 141 cm³/mol. The van der Waals surface area contributed by atoms with Crippen LogP contribution in [0.15, 0.2) is 66.7 Å². The first-order valence-corrected chi connectivity index (χ1v) is 11.7. The first kappa shape index (κ1) is 23.4. The molecule has 0 saturated carbocycles. The Morgan fingerprint density at radius 3 is 2.50 bits per heavy atom. The zero-order valence-corrected chi connectivity index (χ0v) is 20.5. The van der Waals surface area contributed by atoms with Gasteiger partial charge in [-0.2, -0.15) is 0 Å². The van der Waals surface area contributed by atoms with Gasteiger partial charge in [-0.15, -0.1) is 0 Å². The van der Waals surface area contributed by atoms with Gasteiger partial charge in [-0.1, -0.05) is 35.9 Å². The normalized spacial score (nSPS) is 11.1. The van der Waals surface area contributed by atoms with Crippen LogP contribution in [0.3, 0.4) is 0 Å². The van der Waals surface area contributed by atoms with E-state index in [1.165, 1.54) is 0 Å². The minimum Gasteiger partial charge on any atom is -0.493 e. The number of hydrogen-bond donors (Lipinski definition) is 2. The van der Waals surface area contributed by atoms with Crippen molar-refractivity contribution in [2.24, 2.45) is 0 Å². The topological polar surface area (TPSA) is 104 Å². The van der Waals surface area contributed by atoms with Crippen LogP contribution in [0.1, 0.15) is 16.2 Å². The number of nitrogens with one attached hydrogen (secondary N) is 1. The quantitative estimate of drug-likeness (QED) is 0.332. The van der Waals surface area contributed by atoms with Crippen molar-refractivity contribution in [3.63, 3.8) is 0 Å². The standard InChI is InChI=1S/C27H24ClN5O3/c1-35-21-12-7-16(15-22(21)36-2)13-14-30-27(34)25-31-24(29)23-19-5-3-4-6-20(19)33(26(23)32-25)18-10-8-17(28)9-11-18/h3-12,15H,13-14H2,1-2H3,(H,30,34)(H2,29,31,32). The van der Waals surface area contributed by atoms with Crippen LogP contribution in [-0.2, 0) is 6.42 Å². The van der Waals surface area contributed by atoms with E-state index < -0.39 is 5.91 Å². The highest BCUT2D eigenvalue weighted by molar-refractivity contribution is 6.30. The molecule has 9 heteroatoms. The molecule has 0 radical (unpaired) electrons. The number of fused-ring (bicyclic) bond motifs is 3. The van der Waals surface area contributed by atoms with E-state index in [0.717, 1.165) is 22.2 Å². The second-order valence-corrected chi connectivity index (χ2v) is 8.59. The number of amides is 1. The lowest BCUT2D eigenvalue weighted by Gasteiger charge is -2.10. The van der Waals surface area contributed by atoms with E-state index in [1.807, 2.05) is 71.3 Å². The molecule has 2 heterocycles. The third-order valence-electron chi connectivity index (χ3n) is 5.98. The van der Waals surface area contributed by atoms with Gasteiger partial charge < -0.3 is 20.5 Å². The highest BCUT2D eigenvalue weighted by atomic mass is 35.5. The number of aromatic nitrogens is 3. The molecule has 0 spiro atoms. The minimum atomic E-state index is -0.406. The highest BCUT2D eigenvalue weighted by Crippen LogP contribution is 2.34. The summed E-state index contributed by atoms with van der Waals surface area (Å²) in [7, 11) is 3.18. The van der Waals surface area contributed by atoms with E-state index in [2.05, 4.69) is 15.3 Å². The van der Waals surface area contributed by atoms with Gasteiger partial charge in [-0.3, -0.25) is 9.36 Å². The first-order chi connectivity index (χ1) is 17.5. The minimum absolute atomic E-state index is 0.00494. The second kappa shape index (κ2) is 9.75. The Morgan fingerprint density at radius 2 is 1.75 bits per heavy atom. The zero-order valence-electron chi connectivity index (χ0n) is 19.8. The van der Waals surface area contributed by atoms with Gasteiger partial charge in [0.1, 0.15) is 5.82 Å². The molecule has 182 valence electrons. The van der Waals surface area contributed by atoms with E-state index in [0.29, 0.717) is 40.5 Å². The number of nitrogens with two attached hydrogens (primary N) is 1. The third-order valence-corrected chi connectivity index (χ3v) is 6.23. The lowest BCUT2D eigenvalue weighted by molar-refractivity contribution is 0.0944. The Balaban J connectivity index is 1.46. The largest absolute Gasteiger partial charge is 0.493 e. The molecule has 36 heavy (non-hydrogen) atoms. The van der Waals surface area contributed by atoms with Crippen LogP contribution in [0.25, 0.3) is 27.6 Å². The molecule has 0 bridgehead atoms. The van der Waals surface area contributed by atoms with Gasteiger partial charge in [0.15, 0.2) is 17.1 Å². The Kier molecular flexibility index (Phi) is 6.35. The summed E-state index contributed by atoms with van der Waals surface area (Å²) in [6.07, 6.45) is 0.592. The molecule has 0 aliphatic carbocycles. The molecule has 0 aliphatic heterocycles. The van der Waals surface area contributed by atoms with Crippen LogP contribution in [0.5, 0.6) is 11.5 Å². The maximum Gasteiger partial charge on any atom is 0.289 e. The van der Waals surface area contributed by atoms with Crippen molar-refractivity contribution in [3.8, 4) is 17.2 Å². The van der Waals surface area contributed by atoms with E-state index in [1.54, 1.807) is 14.2 Å². The summed E-state index contributed by atoms with van der Waals surface area (Å²) in [5, 5.41) is 5.12. The van der Waals surface area contributed by atoms with Crippen molar-refractivity contribution in [2.75, 3.05) is 26.5 Å². The Morgan fingerprint density at radius 1 is 1.00 bits per heavy atom. The van der Waals surface area contributed by atoms with E-state index in [4.69, 9.17) is 26.8 Å². The summed E-state index contributed by atoms with van der Waals surface area (Å²) in [5.41, 5.74) is 9.66. The lowest BCUT2D eigenvalue weighted by Crippen LogP contribution is -2.28. The number of carbonyl (C=O) groups excluding carboxylic acids is 1. The van der Waals surface area contributed by atoms with Gasteiger partial charge in [-0.25, -0.2) is 9.97 Å². The van der Waals surface area contributed by atoms with E-state index in [-0.39, 0.29) is 11.6 Å². The zero-order chi connectivity index (χ0) is 25.2. The molecule has 0 atom stereocenters. The Hall–Kier alpha value is -4.30. The maximum atomic E-state index is 13.0. The SMILES string of the molecule is COc1ccc(CCNC(=O)c2nc(N)c3c4ccccc4n(-c4ccc(Cl)cc4)c3n2)cc1OC. The molecular formula is C27H24ClN5O3. The maximum absolute atomic E-state index is 13.0. The van der Waals surface area contributed by atoms with Crippen LogP contribution >= 0.6 is 11.6 Å². The number of para-hydroxylation sites is 1. The molecule has 2 aromatic heterocycles. The lowest BCUT2D eigenvalue weighted by atomic mass is 10.1. The van der Waals surface area contributed by atoms with Gasteiger partial charge >= 0.3 is 0 Å². The molecule has 0 unspecified atom stereocenters. The van der Waals surface area contributed by atoms with Gasteiger partial charge in [0.05, 0.1) is 25.1 Å². The molecule has 0 aliphatic rings. The number of halogens is 1. The molecule has 0 fully saturated rings. The van der Waals surface area contributed by atoms with Crippen molar-refractivity contribution in [1.82, 2.24) is 19.9 Å². The molecule has 3 N–H and O–H groups in total. The number of benzene rings is 3. The third kappa shape index (κ3) is 4.27. The number of carbonyl (C=O) groups is 1. The molecule has 5 aromatic rings. The Labute approximate surface area is 212 Å². The van der Waals surface area contributed by atoms with Gasteiger partial charge in [0.2, 0.25) is 5.82 Å². The average Bonchev–Trinajstić information content (AvgIpc) is 3.23. The summed E-state index contributed by atoms with van der Waals surface area (Å²) in [6.45, 7) is 0.385. The fourth-order valence-electron chi connectivity index (χ4n) is 4.27. The van der Waals surface area contributed by atoms with E-state index in [9.17, 15) is 4.79 Å². The van der Waals surface area contributed by atoms with Crippen LogP contribution in [-0.4, -0.2) is 41.2 Å². The van der Waals surface area contributed by atoms with Gasteiger partial charge in [0.25, 0.3) is 5.91 Å². The highest BCUT2D eigenvalue weighted by Gasteiger charge is 2.20. The summed E-state index contributed by atoms with van der Waals surface area (Å²) in [4.78, 5) is 22.0. The van der Waals surface area contributed by atoms with Crippen molar-refractivity contribution < 1.29 is 14.3 Å². The molecule has 5 rings (SSSR count). The molecule has 1 amide bonds. The number of rotatable bonds is 7. The number of nitrogen functional groups attached to an aromatic ring is 1. The van der Waals surface area contributed by atoms with Crippen molar-refractivity contribution >= 4 is 45.3 Å². The van der Waals surface area contributed by atoms with Crippen LogP contribution in [0, 0.1) is 0 Å². The number of methoxy groups -OCH3 is 2. The smallest absolute Gasteiger partial charge is 0.289 e. The number of hydrogen-bond acceptors (Lipinski definition) is 6. The second-order valence-electron chi connectivity index (χ2n) is 8.16. The Bertz CT molecular complexity index is 1580. The number of anilines is 1. The van der Waals surface area contributed by atoms with E-state index >= 15 is 0 Å². The summed E-state index contributed by atoms with van der Waals surface area (Å²) >= 11 is 6.11. The van der Waals surface area contributed by atoms with Gasteiger partial charge in [0, 0.05) is 22.6 Å². The summed E-state index contributed by atoms with van der Waals surface area (Å²) < 4.78 is 12.6.